The minimum Gasteiger partial charge on any atom is -0.414 e. The van der Waals surface area contributed by atoms with Crippen LogP contribution in [0.3, 0.4) is 0 Å². The number of carbonyl (C=O) groups excluding carboxylic acids is 2. The number of carbonyl (C=O) groups is 2. The second-order valence-corrected chi connectivity index (χ2v) is 11.2. The zero-order chi connectivity index (χ0) is 26.0. The molecular formula is C27H42N3O5+. The third-order valence-electron chi connectivity index (χ3n) is 6.76. The van der Waals surface area contributed by atoms with Crippen molar-refractivity contribution in [1.29, 1.82) is 0 Å². The number of fused-ring (bicyclic) bond motifs is 1. The number of aryl methyl sites for hydroxylation is 1. The van der Waals surface area contributed by atoms with Crippen LogP contribution in [0.4, 0.5) is 4.79 Å². The number of aromatic nitrogens is 1. The average molecular weight is 489 g/mol. The Morgan fingerprint density at radius 2 is 1.94 bits per heavy atom. The Labute approximate surface area is 209 Å². The van der Waals surface area contributed by atoms with E-state index in [-0.39, 0.29) is 41.1 Å². The molecule has 1 unspecified atom stereocenters. The first-order chi connectivity index (χ1) is 16.4. The minimum atomic E-state index is -0.605. The zero-order valence-electron chi connectivity index (χ0n) is 22.3. The highest BCUT2D eigenvalue weighted by atomic mass is 16.6. The van der Waals surface area contributed by atoms with E-state index >= 15 is 0 Å². The van der Waals surface area contributed by atoms with Crippen LogP contribution in [0.2, 0.25) is 0 Å². The summed E-state index contributed by atoms with van der Waals surface area (Å²) >= 11 is 0. The average Bonchev–Trinajstić information content (AvgIpc) is 3.33. The molecule has 194 valence electrons. The fourth-order valence-corrected chi connectivity index (χ4v) is 5.10. The molecular weight excluding hydrogens is 446 g/mol. The quantitative estimate of drug-likeness (QED) is 0.450. The zero-order valence-corrected chi connectivity index (χ0v) is 22.3. The summed E-state index contributed by atoms with van der Waals surface area (Å²) in [5.74, 6) is -0.312. The number of likely N-dealkylation sites (N-methyl/N-ethyl adjacent to an activating group) is 1. The Kier molecular flexibility index (Phi) is 8.29. The third kappa shape index (κ3) is 6.05. The highest BCUT2D eigenvalue weighted by Gasteiger charge is 2.52. The SMILES string of the molecule is COCCCn1ccc2ccc(C(=O)N(C(C)C)[C@H]3C[N+](C)(C(=O)OC(C)(C)C)C[C@@H]3CO)cc21. The van der Waals surface area contributed by atoms with Gasteiger partial charge in [-0.05, 0) is 64.6 Å². The minimum absolute atomic E-state index is 0.0328. The van der Waals surface area contributed by atoms with Crippen LogP contribution in [0.15, 0.2) is 30.5 Å². The van der Waals surface area contributed by atoms with E-state index in [2.05, 4.69) is 10.6 Å². The molecule has 3 rings (SSSR count). The number of quaternary nitrogens is 1. The van der Waals surface area contributed by atoms with Crippen LogP contribution in [-0.2, 0) is 16.0 Å². The summed E-state index contributed by atoms with van der Waals surface area (Å²) in [6, 6.07) is 7.46. The fraction of sp³-hybridized carbons (Fsp3) is 0.630. The van der Waals surface area contributed by atoms with Crippen LogP contribution >= 0.6 is 0 Å². The van der Waals surface area contributed by atoms with Crippen LogP contribution < -0.4 is 0 Å². The number of benzene rings is 1. The van der Waals surface area contributed by atoms with Gasteiger partial charge in [-0.1, -0.05) is 6.07 Å². The summed E-state index contributed by atoms with van der Waals surface area (Å²) in [4.78, 5) is 28.8. The van der Waals surface area contributed by atoms with Gasteiger partial charge in [0.1, 0.15) is 12.1 Å². The molecule has 1 aromatic carbocycles. The van der Waals surface area contributed by atoms with Gasteiger partial charge in [0.2, 0.25) is 0 Å². The molecule has 2 aromatic rings. The van der Waals surface area contributed by atoms with Gasteiger partial charge in [-0.25, -0.2) is 4.48 Å². The maximum Gasteiger partial charge on any atom is 0.516 e. The molecule has 8 heteroatoms. The van der Waals surface area contributed by atoms with Crippen molar-refractivity contribution in [2.75, 3.05) is 40.5 Å². The van der Waals surface area contributed by atoms with E-state index in [9.17, 15) is 14.7 Å². The van der Waals surface area contributed by atoms with Gasteiger partial charge in [-0.15, -0.1) is 0 Å². The van der Waals surface area contributed by atoms with Crippen molar-refractivity contribution in [2.45, 2.75) is 65.3 Å². The van der Waals surface area contributed by atoms with E-state index in [1.54, 1.807) is 7.11 Å². The standard InChI is InChI=1S/C27H42N3O5/c1-19(2)29(24-17-30(6,16-22(24)18-31)26(33)35-27(3,4)5)25(32)21-10-9-20-11-13-28(23(20)15-21)12-8-14-34-7/h9-11,13,15,19,22,24,31H,8,12,14,16-18H2,1-7H3/q+1/t22-,24+,30?/m1/s1. The van der Waals surface area contributed by atoms with Crippen LogP contribution in [0.25, 0.3) is 10.9 Å². The predicted octanol–water partition coefficient (Wildman–Crippen LogP) is 3.90. The number of methoxy groups -OCH3 is 1. The van der Waals surface area contributed by atoms with E-state index in [0.29, 0.717) is 25.3 Å². The highest BCUT2D eigenvalue weighted by Crippen LogP contribution is 2.32. The topological polar surface area (TPSA) is 81.0 Å². The lowest BCUT2D eigenvalue weighted by Gasteiger charge is -2.35. The largest absolute Gasteiger partial charge is 0.516 e. The summed E-state index contributed by atoms with van der Waals surface area (Å²) in [5.41, 5.74) is 1.01. The van der Waals surface area contributed by atoms with Gasteiger partial charge in [-0.2, -0.15) is 4.79 Å². The van der Waals surface area contributed by atoms with Gasteiger partial charge >= 0.3 is 6.09 Å². The van der Waals surface area contributed by atoms with Gasteiger partial charge in [0, 0.05) is 43.6 Å². The van der Waals surface area contributed by atoms with Gasteiger partial charge in [0.15, 0.2) is 0 Å². The second-order valence-electron chi connectivity index (χ2n) is 11.2. The number of aliphatic hydroxyl groups excluding tert-OH is 1. The monoisotopic (exact) mass is 488 g/mol. The smallest absolute Gasteiger partial charge is 0.414 e. The lowest BCUT2D eigenvalue weighted by atomic mass is 10.00. The number of hydrogen-bond acceptors (Lipinski definition) is 5. The third-order valence-corrected chi connectivity index (χ3v) is 6.76. The second kappa shape index (κ2) is 10.7. The molecule has 35 heavy (non-hydrogen) atoms. The fourth-order valence-electron chi connectivity index (χ4n) is 5.10. The van der Waals surface area contributed by atoms with Crippen molar-refractivity contribution in [1.82, 2.24) is 9.47 Å². The Morgan fingerprint density at radius 1 is 1.23 bits per heavy atom. The number of likely N-dealkylation sites (tertiary alicyclic amines) is 1. The lowest BCUT2D eigenvalue weighted by Crippen LogP contribution is -2.53. The summed E-state index contributed by atoms with van der Waals surface area (Å²) in [7, 11) is 3.53. The first-order valence-electron chi connectivity index (χ1n) is 12.5. The molecule has 0 saturated carbocycles. The first kappa shape index (κ1) is 27.2. The van der Waals surface area contributed by atoms with Gasteiger partial charge in [0.05, 0.1) is 32.2 Å². The molecule has 0 aliphatic carbocycles. The Morgan fingerprint density at radius 3 is 2.54 bits per heavy atom. The number of ether oxygens (including phenoxy) is 2. The van der Waals surface area contributed by atoms with Crippen LogP contribution in [-0.4, -0.2) is 89.2 Å². The summed E-state index contributed by atoms with van der Waals surface area (Å²) in [5, 5.41) is 11.3. The Balaban J connectivity index is 1.89. The van der Waals surface area contributed by atoms with Gasteiger partial charge < -0.3 is 24.0 Å². The number of aliphatic hydroxyl groups is 1. The van der Waals surface area contributed by atoms with Crippen molar-refractivity contribution < 1.29 is 28.7 Å². The molecule has 2 heterocycles. The van der Waals surface area contributed by atoms with Crippen molar-refractivity contribution in [2.24, 2.45) is 5.92 Å². The van der Waals surface area contributed by atoms with Crippen molar-refractivity contribution in [3.63, 3.8) is 0 Å². The molecule has 1 aliphatic heterocycles. The van der Waals surface area contributed by atoms with Crippen LogP contribution in [0.5, 0.6) is 0 Å². The van der Waals surface area contributed by atoms with Crippen molar-refractivity contribution >= 4 is 22.9 Å². The predicted molar refractivity (Wildman–Crippen MR) is 136 cm³/mol. The molecule has 0 radical (unpaired) electrons. The normalized spacial score (nSPS) is 22.7. The maximum absolute atomic E-state index is 13.9. The van der Waals surface area contributed by atoms with E-state index in [1.807, 2.05) is 71.0 Å². The Bertz CT molecular complexity index is 1040. The maximum atomic E-state index is 13.9. The van der Waals surface area contributed by atoms with E-state index < -0.39 is 5.60 Å². The van der Waals surface area contributed by atoms with E-state index in [1.165, 1.54) is 0 Å². The van der Waals surface area contributed by atoms with E-state index in [4.69, 9.17) is 9.47 Å². The summed E-state index contributed by atoms with van der Waals surface area (Å²) in [6.45, 7) is 11.7. The number of hydrogen-bond donors (Lipinski definition) is 1. The molecule has 1 fully saturated rings. The molecule has 1 saturated heterocycles. The van der Waals surface area contributed by atoms with Crippen molar-refractivity contribution in [3.8, 4) is 0 Å². The highest BCUT2D eigenvalue weighted by molar-refractivity contribution is 5.98. The molecule has 1 aliphatic rings. The molecule has 0 bridgehead atoms. The number of nitrogens with zero attached hydrogens (tertiary/aromatic N) is 3. The van der Waals surface area contributed by atoms with Crippen LogP contribution in [0, 0.1) is 5.92 Å². The van der Waals surface area contributed by atoms with Crippen LogP contribution in [0.1, 0.15) is 51.4 Å². The number of rotatable bonds is 8. The molecule has 1 aromatic heterocycles. The first-order valence-corrected chi connectivity index (χ1v) is 12.5. The number of amides is 2. The molecule has 2 amide bonds. The lowest BCUT2D eigenvalue weighted by molar-refractivity contribution is -0.828. The molecule has 8 nitrogen and oxygen atoms in total. The van der Waals surface area contributed by atoms with Crippen molar-refractivity contribution in [3.05, 3.63) is 36.0 Å². The molecule has 3 atom stereocenters. The van der Waals surface area contributed by atoms with Gasteiger partial charge in [0.25, 0.3) is 5.91 Å². The summed E-state index contributed by atoms with van der Waals surface area (Å²) < 4.78 is 13.0. The Hall–Kier alpha value is -2.42. The summed E-state index contributed by atoms with van der Waals surface area (Å²) in [6.07, 6.45) is 2.60. The van der Waals surface area contributed by atoms with Gasteiger partial charge in [-0.3, -0.25) is 4.79 Å². The van der Waals surface area contributed by atoms with E-state index in [0.717, 1.165) is 23.9 Å². The molecule has 0 spiro atoms. The molecule has 1 N–H and O–H groups in total.